The summed E-state index contributed by atoms with van der Waals surface area (Å²) in [6.07, 6.45) is 4.85. The number of aliphatic imine (C=N–C) groups is 1. The van der Waals surface area contributed by atoms with Crippen molar-refractivity contribution in [1.29, 1.82) is 0 Å². The minimum Gasteiger partial charge on any atom is -0.335 e. The third kappa shape index (κ3) is 2.96. The molecule has 0 atom stereocenters. The molecule has 1 saturated carbocycles. The lowest BCUT2D eigenvalue weighted by molar-refractivity contribution is 0.273. The van der Waals surface area contributed by atoms with E-state index >= 15 is 0 Å². The van der Waals surface area contributed by atoms with Crippen LogP contribution in [0.5, 0.6) is 0 Å². The van der Waals surface area contributed by atoms with Crippen LogP contribution in [0.1, 0.15) is 32.6 Å². The molecule has 108 valence electrons. The summed E-state index contributed by atoms with van der Waals surface area (Å²) in [6.45, 7) is 2.31. The van der Waals surface area contributed by atoms with Crippen LogP contribution in [0, 0.1) is 11.7 Å². The van der Waals surface area contributed by atoms with E-state index in [0.717, 1.165) is 16.8 Å². The summed E-state index contributed by atoms with van der Waals surface area (Å²) in [5, 5.41) is 4.26. The molecule has 1 aromatic carbocycles. The van der Waals surface area contributed by atoms with Gasteiger partial charge in [0.25, 0.3) is 0 Å². The Kier molecular flexibility index (Phi) is 3.95. The second-order valence-corrected chi connectivity index (χ2v) is 7.24. The molecule has 1 fully saturated rings. The fraction of sp³-hybridized carbons (Fsp3) is 0.533. The Morgan fingerprint density at radius 3 is 2.85 bits per heavy atom. The molecule has 1 aromatic rings. The molecule has 0 bridgehead atoms. The summed E-state index contributed by atoms with van der Waals surface area (Å²) in [4.78, 5) is 4.87. The van der Waals surface area contributed by atoms with E-state index in [1.807, 2.05) is 0 Å². The van der Waals surface area contributed by atoms with Gasteiger partial charge in [0.1, 0.15) is 5.82 Å². The van der Waals surface area contributed by atoms with Gasteiger partial charge < -0.3 is 5.32 Å². The van der Waals surface area contributed by atoms with Crippen LogP contribution in [-0.2, 0) is 0 Å². The standard InChI is InChI=1S/C15H18ClFN2S/c1-10-4-6-15(7-5-10)9-20-14(19-15)18-11-2-3-12(16)13(17)8-11/h2-3,8,10H,4-7,9H2,1H3,(H,18,19). The number of nitrogens with one attached hydrogen (secondary N) is 1. The fourth-order valence-corrected chi connectivity index (χ4v) is 4.12. The lowest BCUT2D eigenvalue weighted by atomic mass is 9.79. The van der Waals surface area contributed by atoms with Crippen molar-refractivity contribution in [2.75, 3.05) is 11.1 Å². The van der Waals surface area contributed by atoms with E-state index < -0.39 is 5.82 Å². The van der Waals surface area contributed by atoms with Gasteiger partial charge in [0, 0.05) is 11.4 Å². The Bertz CT molecular complexity index is 539. The van der Waals surface area contributed by atoms with Crippen molar-refractivity contribution in [3.8, 4) is 0 Å². The summed E-state index contributed by atoms with van der Waals surface area (Å²) in [7, 11) is 0. The summed E-state index contributed by atoms with van der Waals surface area (Å²) in [5.41, 5.74) is 0.823. The topological polar surface area (TPSA) is 24.4 Å². The molecule has 0 unspecified atom stereocenters. The number of thioether (sulfide) groups is 1. The molecule has 1 aliphatic heterocycles. The zero-order valence-corrected chi connectivity index (χ0v) is 13.0. The Balaban J connectivity index is 1.71. The van der Waals surface area contributed by atoms with Crippen molar-refractivity contribution in [3.63, 3.8) is 0 Å². The van der Waals surface area contributed by atoms with E-state index in [4.69, 9.17) is 16.6 Å². The normalized spacial score (nSPS) is 29.6. The molecule has 2 nitrogen and oxygen atoms in total. The van der Waals surface area contributed by atoms with Gasteiger partial charge >= 0.3 is 0 Å². The highest BCUT2D eigenvalue weighted by molar-refractivity contribution is 8.14. The first-order valence-electron chi connectivity index (χ1n) is 7.01. The highest BCUT2D eigenvalue weighted by Crippen LogP contribution is 2.41. The number of hydrogen-bond acceptors (Lipinski definition) is 3. The predicted octanol–water partition coefficient (Wildman–Crippen LogP) is 4.94. The van der Waals surface area contributed by atoms with Crippen LogP contribution in [0.15, 0.2) is 23.2 Å². The number of hydrogen-bond donors (Lipinski definition) is 1. The molecular formula is C15H18ClFN2S. The second-order valence-electron chi connectivity index (χ2n) is 5.87. The van der Waals surface area contributed by atoms with Gasteiger partial charge in [-0.25, -0.2) is 4.39 Å². The highest BCUT2D eigenvalue weighted by atomic mass is 35.5. The number of benzene rings is 1. The van der Waals surface area contributed by atoms with Crippen LogP contribution in [0.25, 0.3) is 0 Å². The van der Waals surface area contributed by atoms with E-state index in [-0.39, 0.29) is 10.6 Å². The van der Waals surface area contributed by atoms with Gasteiger partial charge in [-0.1, -0.05) is 30.3 Å². The van der Waals surface area contributed by atoms with Crippen molar-refractivity contribution < 1.29 is 4.39 Å². The Hall–Kier alpha value is -0.740. The van der Waals surface area contributed by atoms with E-state index in [2.05, 4.69) is 12.2 Å². The number of anilines is 1. The lowest BCUT2D eigenvalue weighted by Gasteiger charge is -2.32. The highest BCUT2D eigenvalue weighted by Gasteiger charge is 2.38. The van der Waals surface area contributed by atoms with Crippen molar-refractivity contribution in [1.82, 2.24) is 0 Å². The van der Waals surface area contributed by atoms with Gasteiger partial charge in [-0.3, -0.25) is 4.99 Å². The molecule has 0 aromatic heterocycles. The van der Waals surface area contributed by atoms with Crippen molar-refractivity contribution in [2.24, 2.45) is 10.9 Å². The maximum absolute atomic E-state index is 13.4. The van der Waals surface area contributed by atoms with Gasteiger partial charge in [-0.2, -0.15) is 0 Å². The molecule has 5 heteroatoms. The predicted molar refractivity (Wildman–Crippen MR) is 85.3 cm³/mol. The number of nitrogens with zero attached hydrogens (tertiary/aromatic N) is 1. The van der Waals surface area contributed by atoms with Crippen LogP contribution in [0.4, 0.5) is 10.1 Å². The summed E-state index contributed by atoms with van der Waals surface area (Å²) in [6, 6.07) is 4.76. The molecule has 0 saturated heterocycles. The van der Waals surface area contributed by atoms with Crippen LogP contribution in [0.2, 0.25) is 5.02 Å². The first kappa shape index (κ1) is 14.2. The van der Waals surface area contributed by atoms with Crippen LogP contribution >= 0.6 is 23.4 Å². The van der Waals surface area contributed by atoms with Crippen LogP contribution in [0.3, 0.4) is 0 Å². The van der Waals surface area contributed by atoms with Gasteiger partial charge in [0.2, 0.25) is 0 Å². The van der Waals surface area contributed by atoms with E-state index in [1.54, 1.807) is 23.9 Å². The van der Waals surface area contributed by atoms with Crippen molar-refractivity contribution in [2.45, 2.75) is 38.1 Å². The molecule has 1 aliphatic carbocycles. The smallest absolute Gasteiger partial charge is 0.161 e. The quantitative estimate of drug-likeness (QED) is 0.794. The second kappa shape index (κ2) is 5.57. The van der Waals surface area contributed by atoms with Crippen molar-refractivity contribution in [3.05, 3.63) is 29.0 Å². The van der Waals surface area contributed by atoms with Gasteiger partial charge in [-0.15, -0.1) is 0 Å². The third-order valence-corrected chi connectivity index (χ3v) is 5.65. The minimum absolute atomic E-state index is 0.116. The zero-order chi connectivity index (χ0) is 14.2. The molecular weight excluding hydrogens is 295 g/mol. The summed E-state index contributed by atoms with van der Waals surface area (Å²) >= 11 is 7.43. The Labute approximate surface area is 128 Å². The molecule has 20 heavy (non-hydrogen) atoms. The largest absolute Gasteiger partial charge is 0.335 e. The van der Waals surface area contributed by atoms with E-state index in [0.29, 0.717) is 5.69 Å². The minimum atomic E-state index is -0.401. The molecule has 0 amide bonds. The molecule has 1 spiro atoms. The summed E-state index contributed by atoms with van der Waals surface area (Å²) in [5.74, 6) is 1.46. The van der Waals surface area contributed by atoms with Gasteiger partial charge in [0.05, 0.1) is 10.6 Å². The Morgan fingerprint density at radius 2 is 2.15 bits per heavy atom. The third-order valence-electron chi connectivity index (χ3n) is 4.19. The average molecular weight is 313 g/mol. The van der Waals surface area contributed by atoms with Crippen LogP contribution in [-0.4, -0.2) is 16.5 Å². The first-order chi connectivity index (χ1) is 9.56. The SMILES string of the molecule is CC1CCC2(CC1)CSC(Nc1ccc(Cl)c(F)c1)=N2. The van der Waals surface area contributed by atoms with E-state index in [1.165, 1.54) is 31.7 Å². The number of rotatable bonds is 1. The lowest BCUT2D eigenvalue weighted by Crippen LogP contribution is -2.32. The van der Waals surface area contributed by atoms with Gasteiger partial charge in [0.15, 0.2) is 5.17 Å². The van der Waals surface area contributed by atoms with Crippen molar-refractivity contribution >= 4 is 34.2 Å². The number of amidine groups is 1. The van der Waals surface area contributed by atoms with Gasteiger partial charge in [-0.05, 0) is 49.8 Å². The molecule has 1 heterocycles. The van der Waals surface area contributed by atoms with E-state index in [9.17, 15) is 4.39 Å². The maximum Gasteiger partial charge on any atom is 0.161 e. The number of halogens is 2. The fourth-order valence-electron chi connectivity index (χ4n) is 2.80. The zero-order valence-electron chi connectivity index (χ0n) is 11.5. The molecule has 2 aliphatic rings. The monoisotopic (exact) mass is 312 g/mol. The molecule has 3 rings (SSSR count). The molecule has 0 radical (unpaired) electrons. The first-order valence-corrected chi connectivity index (χ1v) is 8.37. The molecule has 1 N–H and O–H groups in total. The summed E-state index contributed by atoms with van der Waals surface area (Å²) < 4.78 is 13.4. The maximum atomic E-state index is 13.4. The average Bonchev–Trinajstić information content (AvgIpc) is 2.81. The van der Waals surface area contributed by atoms with Crippen LogP contribution < -0.4 is 5.32 Å². The Morgan fingerprint density at radius 1 is 1.40 bits per heavy atom.